The van der Waals surface area contributed by atoms with Gasteiger partial charge in [-0.25, -0.2) is 0 Å². The Balaban J connectivity index is 1.71. The third-order valence-electron chi connectivity index (χ3n) is 4.49. The summed E-state index contributed by atoms with van der Waals surface area (Å²) in [6.45, 7) is 1.94. The van der Waals surface area contributed by atoms with Crippen LogP contribution in [-0.4, -0.2) is 16.7 Å². The number of rotatable bonds is 6. The Morgan fingerprint density at radius 1 is 1.03 bits per heavy atom. The quantitative estimate of drug-likeness (QED) is 0.363. The highest BCUT2D eigenvalue weighted by Gasteiger charge is 2.08. The van der Waals surface area contributed by atoms with Crippen LogP contribution in [0.25, 0.3) is 17.2 Å². The number of nitrogens with two attached hydrogens (primary N) is 1. The third-order valence-corrected chi connectivity index (χ3v) is 4.49. The maximum Gasteiger partial charge on any atom is 0.270 e. The minimum absolute atomic E-state index is 0.0381. The number of nitrogens with one attached hydrogen (secondary N) is 1. The van der Waals surface area contributed by atoms with Crippen LogP contribution in [0.2, 0.25) is 0 Å². The van der Waals surface area contributed by atoms with Crippen LogP contribution in [0.4, 0.5) is 11.4 Å². The Bertz CT molecular complexity index is 1150. The molecule has 0 saturated heterocycles. The number of primary amides is 1. The van der Waals surface area contributed by atoms with Gasteiger partial charge in [-0.15, -0.1) is 0 Å². The third kappa shape index (κ3) is 4.96. The smallest absolute Gasteiger partial charge is 0.270 e. The molecule has 3 rings (SSSR count). The number of aryl methyl sites for hydroxylation is 1. The molecule has 0 radical (unpaired) electrons. The molecule has 0 unspecified atom stereocenters. The number of anilines is 1. The second-order valence-corrected chi connectivity index (χ2v) is 6.65. The number of amides is 2. The van der Waals surface area contributed by atoms with Crippen molar-refractivity contribution in [2.75, 3.05) is 5.32 Å². The van der Waals surface area contributed by atoms with Crippen molar-refractivity contribution in [2.45, 2.75) is 6.92 Å². The molecular weight excluding hydrogens is 382 g/mol. The number of benzene rings is 3. The first-order valence-corrected chi connectivity index (χ1v) is 9.08. The predicted octanol–water partition coefficient (Wildman–Crippen LogP) is 4.32. The van der Waals surface area contributed by atoms with E-state index in [1.165, 1.54) is 24.3 Å². The van der Waals surface area contributed by atoms with E-state index >= 15 is 0 Å². The Hall–Kier alpha value is -4.26. The van der Waals surface area contributed by atoms with Crippen molar-refractivity contribution in [3.8, 4) is 11.1 Å². The first-order chi connectivity index (χ1) is 14.3. The molecule has 0 aromatic heterocycles. The molecule has 150 valence electrons. The van der Waals surface area contributed by atoms with Gasteiger partial charge in [-0.2, -0.15) is 0 Å². The lowest BCUT2D eigenvalue weighted by Gasteiger charge is -2.09. The molecule has 3 aromatic rings. The Kier molecular flexibility index (Phi) is 6.03. The molecule has 30 heavy (non-hydrogen) atoms. The number of carbonyl (C=O) groups excluding carboxylic acids is 2. The van der Waals surface area contributed by atoms with E-state index in [1.807, 2.05) is 25.1 Å². The average Bonchev–Trinajstić information content (AvgIpc) is 2.73. The van der Waals surface area contributed by atoms with Gasteiger partial charge in [0.25, 0.3) is 5.69 Å². The fourth-order valence-electron chi connectivity index (χ4n) is 2.92. The van der Waals surface area contributed by atoms with Crippen LogP contribution >= 0.6 is 0 Å². The van der Waals surface area contributed by atoms with Gasteiger partial charge < -0.3 is 11.1 Å². The number of nitro groups is 1. The highest BCUT2D eigenvalue weighted by atomic mass is 16.6. The van der Waals surface area contributed by atoms with Gasteiger partial charge in [0.15, 0.2) is 0 Å². The maximum absolute atomic E-state index is 12.2. The van der Waals surface area contributed by atoms with Crippen LogP contribution in [0, 0.1) is 17.0 Å². The average molecular weight is 401 g/mol. The van der Waals surface area contributed by atoms with Gasteiger partial charge in [0, 0.05) is 29.5 Å². The first kappa shape index (κ1) is 20.5. The lowest BCUT2D eigenvalue weighted by molar-refractivity contribution is -0.384. The fraction of sp³-hybridized carbons (Fsp3) is 0.0435. The van der Waals surface area contributed by atoms with E-state index in [0.29, 0.717) is 16.8 Å². The monoisotopic (exact) mass is 401 g/mol. The van der Waals surface area contributed by atoms with E-state index in [1.54, 1.807) is 36.4 Å². The number of nitro benzene ring substituents is 1. The lowest BCUT2D eigenvalue weighted by atomic mass is 9.97. The minimum Gasteiger partial charge on any atom is -0.366 e. The van der Waals surface area contributed by atoms with Crippen LogP contribution in [-0.2, 0) is 4.79 Å². The van der Waals surface area contributed by atoms with Crippen molar-refractivity contribution in [1.82, 2.24) is 0 Å². The Morgan fingerprint density at radius 3 is 2.43 bits per heavy atom. The molecule has 0 aliphatic heterocycles. The number of nitrogens with zero attached hydrogens (tertiary/aromatic N) is 1. The van der Waals surface area contributed by atoms with Crippen LogP contribution in [0.15, 0.2) is 72.8 Å². The normalized spacial score (nSPS) is 10.7. The number of non-ortho nitro benzene ring substituents is 1. The van der Waals surface area contributed by atoms with Gasteiger partial charge in [-0.05, 0) is 59.5 Å². The number of carbonyl (C=O) groups is 2. The van der Waals surface area contributed by atoms with Crippen molar-refractivity contribution in [3.63, 3.8) is 0 Å². The highest BCUT2D eigenvalue weighted by molar-refractivity contribution is 6.02. The van der Waals surface area contributed by atoms with Crippen molar-refractivity contribution in [3.05, 3.63) is 99.6 Å². The molecule has 0 atom stereocenters. The molecule has 0 bridgehead atoms. The Morgan fingerprint density at radius 2 is 1.77 bits per heavy atom. The zero-order chi connectivity index (χ0) is 21.7. The molecule has 0 fully saturated rings. The van der Waals surface area contributed by atoms with Gasteiger partial charge in [-0.3, -0.25) is 19.7 Å². The zero-order valence-electron chi connectivity index (χ0n) is 16.2. The van der Waals surface area contributed by atoms with Crippen molar-refractivity contribution < 1.29 is 14.5 Å². The molecule has 0 heterocycles. The van der Waals surface area contributed by atoms with Gasteiger partial charge in [0.1, 0.15) is 0 Å². The largest absolute Gasteiger partial charge is 0.366 e. The van der Waals surface area contributed by atoms with Gasteiger partial charge in [0.05, 0.1) is 4.92 Å². The topological polar surface area (TPSA) is 115 Å². The summed E-state index contributed by atoms with van der Waals surface area (Å²) in [5, 5.41) is 13.6. The summed E-state index contributed by atoms with van der Waals surface area (Å²) >= 11 is 0. The summed E-state index contributed by atoms with van der Waals surface area (Å²) in [5.74, 6) is -0.850. The van der Waals surface area contributed by atoms with E-state index in [0.717, 1.165) is 16.7 Å². The van der Waals surface area contributed by atoms with Gasteiger partial charge in [-0.1, -0.05) is 30.3 Å². The second kappa shape index (κ2) is 8.83. The summed E-state index contributed by atoms with van der Waals surface area (Å²) in [7, 11) is 0. The predicted molar refractivity (Wildman–Crippen MR) is 116 cm³/mol. The van der Waals surface area contributed by atoms with Crippen molar-refractivity contribution >= 4 is 29.3 Å². The van der Waals surface area contributed by atoms with Crippen LogP contribution < -0.4 is 11.1 Å². The lowest BCUT2D eigenvalue weighted by Crippen LogP contribution is -2.11. The molecule has 3 aromatic carbocycles. The molecular formula is C23H19N3O4. The van der Waals surface area contributed by atoms with E-state index in [9.17, 15) is 19.7 Å². The van der Waals surface area contributed by atoms with Crippen molar-refractivity contribution in [1.29, 1.82) is 0 Å². The molecule has 2 amide bonds. The minimum atomic E-state index is -0.490. The summed E-state index contributed by atoms with van der Waals surface area (Å²) in [4.78, 5) is 33.9. The van der Waals surface area contributed by atoms with Crippen LogP contribution in [0.1, 0.15) is 21.5 Å². The zero-order valence-corrected chi connectivity index (χ0v) is 16.2. The molecule has 7 heteroatoms. The first-order valence-electron chi connectivity index (χ1n) is 9.08. The molecule has 0 spiro atoms. The number of hydrogen-bond donors (Lipinski definition) is 2. The van der Waals surface area contributed by atoms with E-state index in [4.69, 9.17) is 5.73 Å². The molecule has 0 aliphatic rings. The fourth-order valence-corrected chi connectivity index (χ4v) is 2.92. The standard InChI is InChI=1S/C23H19N3O4/c1-15-5-7-18(23(24)28)14-21(15)17-8-10-19(11-9-17)25-22(27)12-6-16-3-2-4-20(13-16)26(29)30/h2-14H,1H3,(H2,24,28)(H,25,27)/b12-6+. The Labute approximate surface area is 173 Å². The van der Waals surface area contributed by atoms with Crippen molar-refractivity contribution in [2.24, 2.45) is 5.73 Å². The summed E-state index contributed by atoms with van der Waals surface area (Å²) in [6.07, 6.45) is 2.82. The second-order valence-electron chi connectivity index (χ2n) is 6.65. The molecule has 0 aliphatic carbocycles. The van der Waals surface area contributed by atoms with Crippen LogP contribution in [0.3, 0.4) is 0 Å². The van der Waals surface area contributed by atoms with Gasteiger partial charge in [0.2, 0.25) is 11.8 Å². The maximum atomic E-state index is 12.2. The van der Waals surface area contributed by atoms with Gasteiger partial charge >= 0.3 is 0 Å². The summed E-state index contributed by atoms with van der Waals surface area (Å²) in [6, 6.07) is 18.5. The van der Waals surface area contributed by atoms with E-state index in [-0.39, 0.29) is 11.6 Å². The highest BCUT2D eigenvalue weighted by Crippen LogP contribution is 2.26. The molecule has 7 nitrogen and oxygen atoms in total. The molecule has 3 N–H and O–H groups in total. The summed E-state index contributed by atoms with van der Waals surface area (Å²) < 4.78 is 0. The SMILES string of the molecule is Cc1ccc(C(N)=O)cc1-c1ccc(NC(=O)/C=C/c2cccc([N+](=O)[O-])c2)cc1. The van der Waals surface area contributed by atoms with Crippen LogP contribution in [0.5, 0.6) is 0 Å². The number of hydrogen-bond acceptors (Lipinski definition) is 4. The summed E-state index contributed by atoms with van der Waals surface area (Å²) in [5.41, 5.74) is 9.67. The van der Waals surface area contributed by atoms with E-state index in [2.05, 4.69) is 5.32 Å². The molecule has 0 saturated carbocycles. The van der Waals surface area contributed by atoms with E-state index < -0.39 is 10.8 Å².